The van der Waals surface area contributed by atoms with Crippen LogP contribution in [0.4, 0.5) is 5.69 Å². The standard InChI is InChI=1S/C16H21BrN2O4/c1-11(20)22-6-7-23-16(21)12-8-13(15(18)14(17)9-12)10-19-4-2-3-5-19/h8-9H,2-7,10,18H2,1H3. The number of hydrogen-bond donors (Lipinski definition) is 1. The summed E-state index contributed by atoms with van der Waals surface area (Å²) in [6.45, 7) is 4.21. The number of carbonyl (C=O) groups excluding carboxylic acids is 2. The summed E-state index contributed by atoms with van der Waals surface area (Å²) in [6, 6.07) is 3.42. The van der Waals surface area contributed by atoms with Gasteiger partial charge in [0, 0.05) is 17.9 Å². The van der Waals surface area contributed by atoms with Crippen LogP contribution in [0.5, 0.6) is 0 Å². The lowest BCUT2D eigenvalue weighted by Gasteiger charge is -2.17. The molecule has 0 aromatic heterocycles. The number of ether oxygens (including phenoxy) is 2. The maximum absolute atomic E-state index is 12.1. The monoisotopic (exact) mass is 384 g/mol. The lowest BCUT2D eigenvalue weighted by molar-refractivity contribution is -0.142. The second kappa shape index (κ2) is 8.31. The second-order valence-corrected chi connectivity index (χ2v) is 6.34. The third kappa shape index (κ3) is 5.21. The maximum atomic E-state index is 12.1. The molecule has 23 heavy (non-hydrogen) atoms. The van der Waals surface area contributed by atoms with Gasteiger partial charge in [0.25, 0.3) is 0 Å². The van der Waals surface area contributed by atoms with Crippen molar-refractivity contribution in [3.05, 3.63) is 27.7 Å². The summed E-state index contributed by atoms with van der Waals surface area (Å²) in [5, 5.41) is 0. The predicted octanol–water partition coefficient (Wildman–Crippen LogP) is 2.35. The molecule has 0 spiro atoms. The minimum absolute atomic E-state index is 0.0296. The zero-order valence-corrected chi connectivity index (χ0v) is 14.7. The van der Waals surface area contributed by atoms with Gasteiger partial charge in [-0.05, 0) is 59.6 Å². The van der Waals surface area contributed by atoms with Crippen LogP contribution in [0.15, 0.2) is 16.6 Å². The average Bonchev–Trinajstić information content (AvgIpc) is 3.00. The molecule has 0 radical (unpaired) electrons. The van der Waals surface area contributed by atoms with Crippen LogP contribution in [0, 0.1) is 0 Å². The highest BCUT2D eigenvalue weighted by molar-refractivity contribution is 9.10. The quantitative estimate of drug-likeness (QED) is 0.460. The number of nitrogens with zero attached hydrogens (tertiary/aromatic N) is 1. The number of rotatable bonds is 6. The molecular weight excluding hydrogens is 364 g/mol. The van der Waals surface area contributed by atoms with Crippen molar-refractivity contribution in [2.45, 2.75) is 26.3 Å². The van der Waals surface area contributed by atoms with Crippen molar-refractivity contribution in [1.29, 1.82) is 0 Å². The molecule has 126 valence electrons. The first-order chi connectivity index (χ1) is 11.0. The second-order valence-electron chi connectivity index (χ2n) is 5.49. The van der Waals surface area contributed by atoms with Gasteiger partial charge in [-0.25, -0.2) is 4.79 Å². The van der Waals surface area contributed by atoms with Gasteiger partial charge in [-0.3, -0.25) is 9.69 Å². The van der Waals surface area contributed by atoms with Crippen LogP contribution in [0.1, 0.15) is 35.7 Å². The Labute approximate surface area is 144 Å². The molecule has 0 saturated carbocycles. The van der Waals surface area contributed by atoms with E-state index in [0.29, 0.717) is 15.7 Å². The van der Waals surface area contributed by atoms with E-state index in [0.717, 1.165) is 25.2 Å². The summed E-state index contributed by atoms with van der Waals surface area (Å²) >= 11 is 3.39. The Hall–Kier alpha value is -1.60. The van der Waals surface area contributed by atoms with Crippen LogP contribution in [0.3, 0.4) is 0 Å². The molecule has 1 aromatic carbocycles. The maximum Gasteiger partial charge on any atom is 0.338 e. The van der Waals surface area contributed by atoms with E-state index < -0.39 is 11.9 Å². The molecule has 1 aliphatic heterocycles. The third-order valence-corrected chi connectivity index (χ3v) is 4.32. The highest BCUT2D eigenvalue weighted by Crippen LogP contribution is 2.28. The Balaban J connectivity index is 2.01. The average molecular weight is 385 g/mol. The Morgan fingerprint density at radius 3 is 2.52 bits per heavy atom. The first-order valence-corrected chi connectivity index (χ1v) is 8.37. The van der Waals surface area contributed by atoms with E-state index in [4.69, 9.17) is 15.2 Å². The number of likely N-dealkylation sites (tertiary alicyclic amines) is 1. The third-order valence-electron chi connectivity index (χ3n) is 3.67. The van der Waals surface area contributed by atoms with E-state index in [2.05, 4.69) is 20.8 Å². The van der Waals surface area contributed by atoms with Crippen molar-refractivity contribution in [3.63, 3.8) is 0 Å². The summed E-state index contributed by atoms with van der Waals surface area (Å²) in [6.07, 6.45) is 2.39. The fourth-order valence-electron chi connectivity index (χ4n) is 2.51. The van der Waals surface area contributed by atoms with Crippen molar-refractivity contribution in [1.82, 2.24) is 4.90 Å². The smallest absolute Gasteiger partial charge is 0.338 e. The highest BCUT2D eigenvalue weighted by Gasteiger charge is 2.17. The van der Waals surface area contributed by atoms with Crippen LogP contribution >= 0.6 is 15.9 Å². The number of hydrogen-bond acceptors (Lipinski definition) is 6. The fraction of sp³-hybridized carbons (Fsp3) is 0.500. The Morgan fingerprint density at radius 1 is 1.22 bits per heavy atom. The number of esters is 2. The van der Waals surface area contributed by atoms with Gasteiger partial charge in [-0.1, -0.05) is 0 Å². The van der Waals surface area contributed by atoms with Gasteiger partial charge < -0.3 is 15.2 Å². The van der Waals surface area contributed by atoms with E-state index in [9.17, 15) is 9.59 Å². The molecule has 2 N–H and O–H groups in total. The van der Waals surface area contributed by atoms with E-state index >= 15 is 0 Å². The molecule has 1 saturated heterocycles. The Morgan fingerprint density at radius 2 is 1.87 bits per heavy atom. The minimum Gasteiger partial charge on any atom is -0.462 e. The van der Waals surface area contributed by atoms with Crippen molar-refractivity contribution in [2.24, 2.45) is 0 Å². The predicted molar refractivity (Wildman–Crippen MR) is 90.0 cm³/mol. The van der Waals surface area contributed by atoms with Gasteiger partial charge in [0.1, 0.15) is 13.2 Å². The summed E-state index contributed by atoms with van der Waals surface area (Å²) in [7, 11) is 0. The topological polar surface area (TPSA) is 81.9 Å². The summed E-state index contributed by atoms with van der Waals surface area (Å²) in [5.41, 5.74) is 8.09. The van der Waals surface area contributed by atoms with Crippen LogP contribution in [0.2, 0.25) is 0 Å². The first-order valence-electron chi connectivity index (χ1n) is 7.58. The van der Waals surface area contributed by atoms with E-state index in [1.165, 1.54) is 19.8 Å². The lowest BCUT2D eigenvalue weighted by Crippen LogP contribution is -2.20. The van der Waals surface area contributed by atoms with E-state index in [1.54, 1.807) is 12.1 Å². The van der Waals surface area contributed by atoms with Crippen LogP contribution in [0.25, 0.3) is 0 Å². The lowest BCUT2D eigenvalue weighted by atomic mass is 10.1. The molecule has 1 aromatic rings. The van der Waals surface area contributed by atoms with Crippen LogP contribution in [-0.4, -0.2) is 43.1 Å². The molecule has 0 unspecified atom stereocenters. The minimum atomic E-state index is -0.458. The van der Waals surface area contributed by atoms with Gasteiger partial charge in [0.2, 0.25) is 0 Å². The van der Waals surface area contributed by atoms with Crippen molar-refractivity contribution >= 4 is 33.6 Å². The molecular formula is C16H21BrN2O4. The number of nitrogens with two attached hydrogens (primary N) is 1. The Bertz CT molecular complexity index is 586. The molecule has 2 rings (SSSR count). The van der Waals surface area contributed by atoms with Crippen LogP contribution in [-0.2, 0) is 20.8 Å². The zero-order chi connectivity index (χ0) is 16.8. The van der Waals surface area contributed by atoms with Gasteiger partial charge >= 0.3 is 11.9 Å². The Kier molecular flexibility index (Phi) is 6.41. The highest BCUT2D eigenvalue weighted by atomic mass is 79.9. The summed E-state index contributed by atoms with van der Waals surface area (Å²) in [4.78, 5) is 25.1. The number of anilines is 1. The van der Waals surface area contributed by atoms with E-state index in [1.807, 2.05) is 0 Å². The molecule has 6 nitrogen and oxygen atoms in total. The number of benzene rings is 1. The molecule has 0 atom stereocenters. The van der Waals surface area contributed by atoms with Gasteiger partial charge in [-0.2, -0.15) is 0 Å². The van der Waals surface area contributed by atoms with E-state index in [-0.39, 0.29) is 13.2 Å². The largest absolute Gasteiger partial charge is 0.462 e. The molecule has 1 heterocycles. The summed E-state index contributed by atoms with van der Waals surface area (Å²) in [5.74, 6) is -0.857. The van der Waals surface area contributed by atoms with Crippen molar-refractivity contribution in [2.75, 3.05) is 32.0 Å². The van der Waals surface area contributed by atoms with Crippen LogP contribution < -0.4 is 5.73 Å². The van der Waals surface area contributed by atoms with Gasteiger partial charge in [0.15, 0.2) is 0 Å². The van der Waals surface area contributed by atoms with Crippen molar-refractivity contribution in [3.8, 4) is 0 Å². The van der Waals surface area contributed by atoms with Gasteiger partial charge in [0.05, 0.1) is 11.3 Å². The summed E-state index contributed by atoms with van der Waals surface area (Å²) < 4.78 is 10.5. The van der Waals surface area contributed by atoms with Gasteiger partial charge in [-0.15, -0.1) is 0 Å². The first kappa shape index (κ1) is 17.7. The zero-order valence-electron chi connectivity index (χ0n) is 13.1. The molecule has 0 bridgehead atoms. The normalized spacial score (nSPS) is 14.7. The molecule has 7 heteroatoms. The van der Waals surface area contributed by atoms with Crippen molar-refractivity contribution < 1.29 is 19.1 Å². The number of carbonyl (C=O) groups is 2. The SMILES string of the molecule is CC(=O)OCCOC(=O)c1cc(Br)c(N)c(CN2CCCC2)c1. The molecule has 1 fully saturated rings. The fourth-order valence-corrected chi connectivity index (χ4v) is 3.01. The number of halogens is 1. The molecule has 0 aliphatic carbocycles. The molecule has 0 amide bonds. The number of nitrogen functional groups attached to an aromatic ring is 1. The molecule has 1 aliphatic rings.